The Morgan fingerprint density at radius 2 is 2.26 bits per heavy atom. The second kappa shape index (κ2) is 5.05. The molecule has 2 rings (SSSR count). The van der Waals surface area contributed by atoms with Crippen molar-refractivity contribution in [3.05, 3.63) is 52.1 Å². The van der Waals surface area contributed by atoms with Gasteiger partial charge in [-0.2, -0.15) is 5.10 Å². The van der Waals surface area contributed by atoms with Crippen LogP contribution in [0.1, 0.15) is 18.5 Å². The number of hydrogen-bond acceptors (Lipinski definition) is 4. The van der Waals surface area contributed by atoms with Gasteiger partial charge in [0.15, 0.2) is 0 Å². The topological polar surface area (TPSA) is 73.0 Å². The normalized spacial score (nSPS) is 12.2. The van der Waals surface area contributed by atoms with Crippen molar-refractivity contribution in [3.63, 3.8) is 0 Å². The van der Waals surface area contributed by atoms with Gasteiger partial charge in [-0.25, -0.2) is 4.39 Å². The molecule has 0 fully saturated rings. The summed E-state index contributed by atoms with van der Waals surface area (Å²) in [5.74, 6) is -0.522. The molecule has 0 radical (unpaired) electrons. The SMILES string of the molecule is CC(Nc1cc(F)ccc1[N+](=O)[O-])c1cnn(C)c1. The van der Waals surface area contributed by atoms with Gasteiger partial charge in [-0.1, -0.05) is 0 Å². The maximum absolute atomic E-state index is 13.2. The van der Waals surface area contributed by atoms with Crippen LogP contribution in [-0.2, 0) is 7.05 Å². The molecule has 7 heteroatoms. The first-order valence-corrected chi connectivity index (χ1v) is 5.66. The molecule has 1 N–H and O–H groups in total. The molecule has 0 bridgehead atoms. The van der Waals surface area contributed by atoms with Crippen LogP contribution < -0.4 is 5.32 Å². The summed E-state index contributed by atoms with van der Waals surface area (Å²) in [7, 11) is 1.78. The highest BCUT2D eigenvalue weighted by Crippen LogP contribution is 2.28. The number of rotatable bonds is 4. The van der Waals surface area contributed by atoms with E-state index in [-0.39, 0.29) is 17.4 Å². The molecule has 1 heterocycles. The van der Waals surface area contributed by atoms with Crippen molar-refractivity contribution in [1.29, 1.82) is 0 Å². The molecule has 0 spiro atoms. The van der Waals surface area contributed by atoms with E-state index in [9.17, 15) is 14.5 Å². The number of hydrogen-bond donors (Lipinski definition) is 1. The van der Waals surface area contributed by atoms with E-state index in [0.29, 0.717) is 0 Å². The van der Waals surface area contributed by atoms with E-state index in [0.717, 1.165) is 23.8 Å². The summed E-state index contributed by atoms with van der Waals surface area (Å²) in [4.78, 5) is 10.3. The van der Waals surface area contributed by atoms with Gasteiger partial charge in [0.2, 0.25) is 0 Å². The zero-order chi connectivity index (χ0) is 14.0. The molecule has 2 aromatic rings. The predicted octanol–water partition coefficient (Wildman–Crippen LogP) is 2.64. The molecule has 0 aliphatic carbocycles. The smallest absolute Gasteiger partial charge is 0.292 e. The van der Waals surface area contributed by atoms with Crippen molar-refractivity contribution in [2.24, 2.45) is 7.05 Å². The molecule has 100 valence electrons. The summed E-state index contributed by atoms with van der Waals surface area (Å²) >= 11 is 0. The molecule has 0 saturated carbocycles. The summed E-state index contributed by atoms with van der Waals surface area (Å²) < 4.78 is 14.8. The second-order valence-electron chi connectivity index (χ2n) is 4.23. The number of aryl methyl sites for hydroxylation is 1. The van der Waals surface area contributed by atoms with E-state index in [2.05, 4.69) is 10.4 Å². The van der Waals surface area contributed by atoms with Gasteiger partial charge in [0.05, 0.1) is 17.2 Å². The van der Waals surface area contributed by atoms with Crippen LogP contribution in [0.15, 0.2) is 30.6 Å². The highest BCUT2D eigenvalue weighted by Gasteiger charge is 2.17. The summed E-state index contributed by atoms with van der Waals surface area (Å²) in [5, 5.41) is 17.8. The van der Waals surface area contributed by atoms with Crippen LogP contribution in [0, 0.1) is 15.9 Å². The van der Waals surface area contributed by atoms with Gasteiger partial charge < -0.3 is 5.32 Å². The molecule has 0 aliphatic rings. The van der Waals surface area contributed by atoms with Crippen LogP contribution in [0.5, 0.6) is 0 Å². The average molecular weight is 264 g/mol. The second-order valence-corrected chi connectivity index (χ2v) is 4.23. The third kappa shape index (κ3) is 2.87. The molecule has 1 aromatic heterocycles. The molecule has 0 amide bonds. The van der Waals surface area contributed by atoms with Crippen molar-refractivity contribution >= 4 is 11.4 Å². The fourth-order valence-corrected chi connectivity index (χ4v) is 1.76. The van der Waals surface area contributed by atoms with Crippen LogP contribution in [0.3, 0.4) is 0 Å². The molecule has 1 atom stereocenters. The van der Waals surface area contributed by atoms with E-state index < -0.39 is 10.7 Å². The number of halogens is 1. The minimum atomic E-state index is -0.544. The predicted molar refractivity (Wildman–Crippen MR) is 68.3 cm³/mol. The Bertz CT molecular complexity index is 612. The number of aromatic nitrogens is 2. The van der Waals surface area contributed by atoms with Crippen LogP contribution in [0.2, 0.25) is 0 Å². The van der Waals surface area contributed by atoms with Gasteiger partial charge in [-0.15, -0.1) is 0 Å². The number of nitro groups is 1. The van der Waals surface area contributed by atoms with Crippen LogP contribution in [0.25, 0.3) is 0 Å². The molecule has 19 heavy (non-hydrogen) atoms. The fraction of sp³-hybridized carbons (Fsp3) is 0.250. The summed E-state index contributed by atoms with van der Waals surface area (Å²) in [6.45, 7) is 1.83. The van der Waals surface area contributed by atoms with E-state index in [1.807, 2.05) is 6.92 Å². The van der Waals surface area contributed by atoms with E-state index >= 15 is 0 Å². The van der Waals surface area contributed by atoms with Crippen LogP contribution in [0.4, 0.5) is 15.8 Å². The Morgan fingerprint density at radius 1 is 1.53 bits per heavy atom. The van der Waals surface area contributed by atoms with Gasteiger partial charge in [-0.05, 0) is 13.0 Å². The molecule has 0 aliphatic heterocycles. The highest BCUT2D eigenvalue weighted by atomic mass is 19.1. The number of benzene rings is 1. The zero-order valence-corrected chi connectivity index (χ0v) is 10.5. The van der Waals surface area contributed by atoms with Gasteiger partial charge in [0.25, 0.3) is 5.69 Å². The van der Waals surface area contributed by atoms with Crippen molar-refractivity contribution in [2.75, 3.05) is 5.32 Å². The summed E-state index contributed by atoms with van der Waals surface area (Å²) in [5.41, 5.74) is 0.861. The minimum Gasteiger partial charge on any atom is -0.373 e. The maximum atomic E-state index is 13.2. The van der Waals surface area contributed by atoms with Crippen molar-refractivity contribution in [1.82, 2.24) is 9.78 Å². The Hall–Kier alpha value is -2.44. The number of nitrogens with one attached hydrogen (secondary N) is 1. The largest absolute Gasteiger partial charge is 0.373 e. The third-order valence-electron chi connectivity index (χ3n) is 2.75. The standard InChI is InChI=1S/C12H13FN4O2/c1-8(9-6-14-16(2)7-9)15-11-5-10(13)3-4-12(11)17(18)19/h3-8,15H,1-2H3. The third-order valence-corrected chi connectivity index (χ3v) is 2.75. The molecule has 1 unspecified atom stereocenters. The van der Waals surface area contributed by atoms with Crippen LogP contribution in [-0.4, -0.2) is 14.7 Å². The van der Waals surface area contributed by atoms with Gasteiger partial charge >= 0.3 is 0 Å². The van der Waals surface area contributed by atoms with E-state index in [1.54, 1.807) is 24.1 Å². The van der Waals surface area contributed by atoms with Crippen molar-refractivity contribution < 1.29 is 9.31 Å². The molecule has 1 aromatic carbocycles. The summed E-state index contributed by atoms with van der Waals surface area (Å²) in [6, 6.07) is 3.12. The molecule has 0 saturated heterocycles. The van der Waals surface area contributed by atoms with Crippen LogP contribution >= 0.6 is 0 Å². The zero-order valence-electron chi connectivity index (χ0n) is 10.5. The molecule has 6 nitrogen and oxygen atoms in total. The highest BCUT2D eigenvalue weighted by molar-refractivity contribution is 5.62. The van der Waals surface area contributed by atoms with Gasteiger partial charge in [0, 0.05) is 30.9 Å². The van der Waals surface area contributed by atoms with Crippen molar-refractivity contribution in [3.8, 4) is 0 Å². The average Bonchev–Trinajstić information content (AvgIpc) is 2.75. The Labute approximate surface area is 109 Å². The van der Waals surface area contributed by atoms with Crippen molar-refractivity contribution in [2.45, 2.75) is 13.0 Å². The first-order valence-electron chi connectivity index (χ1n) is 5.66. The number of nitro benzene ring substituents is 1. The Balaban J connectivity index is 2.27. The monoisotopic (exact) mass is 264 g/mol. The minimum absolute atomic E-state index is 0.154. The Kier molecular flexibility index (Phi) is 3.46. The quantitative estimate of drug-likeness (QED) is 0.680. The lowest BCUT2D eigenvalue weighted by atomic mass is 10.1. The van der Waals surface area contributed by atoms with Gasteiger partial charge in [0.1, 0.15) is 11.5 Å². The molecular weight excluding hydrogens is 251 g/mol. The number of nitrogens with zero attached hydrogens (tertiary/aromatic N) is 3. The Morgan fingerprint density at radius 3 is 2.84 bits per heavy atom. The van der Waals surface area contributed by atoms with E-state index in [1.165, 1.54) is 0 Å². The first-order chi connectivity index (χ1) is 8.97. The lowest BCUT2D eigenvalue weighted by Crippen LogP contribution is -2.08. The van der Waals surface area contributed by atoms with Gasteiger partial charge in [-0.3, -0.25) is 14.8 Å². The lowest BCUT2D eigenvalue weighted by molar-refractivity contribution is -0.384. The lowest BCUT2D eigenvalue weighted by Gasteiger charge is -2.13. The molecular formula is C12H13FN4O2. The van der Waals surface area contributed by atoms with E-state index in [4.69, 9.17) is 0 Å². The summed E-state index contributed by atoms with van der Waals surface area (Å²) in [6.07, 6.45) is 3.45. The first kappa shape index (κ1) is 13.0. The fourth-order valence-electron chi connectivity index (χ4n) is 1.76. The maximum Gasteiger partial charge on any atom is 0.292 e. The number of anilines is 1.